The van der Waals surface area contributed by atoms with Gasteiger partial charge in [0, 0.05) is 11.5 Å². The van der Waals surface area contributed by atoms with Gasteiger partial charge in [-0.3, -0.25) is 0 Å². The number of benzene rings is 2. The van der Waals surface area contributed by atoms with Gasteiger partial charge in [0.15, 0.2) is 0 Å². The molecule has 0 aromatic heterocycles. The van der Waals surface area contributed by atoms with Crippen molar-refractivity contribution >= 4 is 27.6 Å². The monoisotopic (exact) mass is 306 g/mol. The number of hydrogen-bond acceptors (Lipinski definition) is 3. The summed E-state index contributed by atoms with van der Waals surface area (Å²) >= 11 is 0. The van der Waals surface area contributed by atoms with Crippen LogP contribution in [0.5, 0.6) is 0 Å². The minimum atomic E-state index is -0.833. The van der Waals surface area contributed by atoms with Crippen molar-refractivity contribution in [2.45, 2.75) is 11.5 Å². The predicted molar refractivity (Wildman–Crippen MR) is 89.2 cm³/mol. The number of urea groups is 1. The molecule has 0 spiro atoms. The Morgan fingerprint density at radius 1 is 0.750 bits per heavy atom. The van der Waals surface area contributed by atoms with Gasteiger partial charge >= 0.3 is 6.03 Å². The van der Waals surface area contributed by atoms with E-state index in [-0.39, 0.29) is 0 Å². The third kappa shape index (κ3) is 8.50. The lowest BCUT2D eigenvalue weighted by Crippen LogP contribution is -2.18. The van der Waals surface area contributed by atoms with Crippen molar-refractivity contribution < 1.29 is 4.79 Å². The van der Waals surface area contributed by atoms with Crippen LogP contribution in [0.4, 0.5) is 4.79 Å². The van der Waals surface area contributed by atoms with Crippen LogP contribution in [-0.2, 0) is 11.5 Å². The molecule has 2 aromatic carbocycles. The molecular weight excluding hydrogens is 288 g/mol. The van der Waals surface area contributed by atoms with Gasteiger partial charge in [0.05, 0.1) is 0 Å². The lowest BCUT2D eigenvalue weighted by molar-refractivity contribution is 0.256. The first kappa shape index (κ1) is 16.5. The van der Waals surface area contributed by atoms with Gasteiger partial charge < -0.3 is 11.5 Å². The van der Waals surface area contributed by atoms with Crippen molar-refractivity contribution in [2.75, 3.05) is 0 Å². The van der Waals surface area contributed by atoms with Crippen molar-refractivity contribution in [3.63, 3.8) is 0 Å². The Labute approximate surface area is 127 Å². The number of rotatable bonds is 5. The fraction of sp³-hybridized carbons (Fsp3) is 0.133. The number of carbonyl (C=O) groups is 1. The molecule has 0 aliphatic heterocycles. The van der Waals surface area contributed by atoms with Gasteiger partial charge in [-0.1, -0.05) is 82.3 Å². The van der Waals surface area contributed by atoms with Crippen LogP contribution in [0.3, 0.4) is 0 Å². The van der Waals surface area contributed by atoms with E-state index < -0.39 is 6.03 Å². The summed E-state index contributed by atoms with van der Waals surface area (Å²) in [5.74, 6) is 2.16. The minimum absolute atomic E-state index is 0.833. The molecule has 0 bridgehead atoms. The van der Waals surface area contributed by atoms with Crippen LogP contribution in [0.25, 0.3) is 0 Å². The highest BCUT2D eigenvalue weighted by Gasteiger charge is 1.94. The molecule has 0 fully saturated rings. The Balaban J connectivity index is 0.000000444. The third-order valence-electron chi connectivity index (χ3n) is 2.22. The summed E-state index contributed by atoms with van der Waals surface area (Å²) in [6, 6.07) is 20.4. The highest BCUT2D eigenvalue weighted by Crippen LogP contribution is 2.29. The van der Waals surface area contributed by atoms with Gasteiger partial charge in [0.2, 0.25) is 0 Å². The molecule has 0 unspecified atom stereocenters. The summed E-state index contributed by atoms with van der Waals surface area (Å²) < 4.78 is 0. The van der Waals surface area contributed by atoms with Gasteiger partial charge in [0.1, 0.15) is 0 Å². The summed E-state index contributed by atoms with van der Waals surface area (Å²) in [7, 11) is 3.84. The predicted octanol–water partition coefficient (Wildman–Crippen LogP) is 3.79. The summed E-state index contributed by atoms with van der Waals surface area (Å²) in [4.78, 5) is 9.00. The molecule has 5 heteroatoms. The van der Waals surface area contributed by atoms with Gasteiger partial charge in [-0.15, -0.1) is 0 Å². The number of hydrogen-bond donors (Lipinski definition) is 2. The molecule has 3 nitrogen and oxygen atoms in total. The van der Waals surface area contributed by atoms with Crippen LogP contribution in [0.15, 0.2) is 60.7 Å². The Morgan fingerprint density at radius 2 is 1.05 bits per heavy atom. The number of amides is 2. The summed E-state index contributed by atoms with van der Waals surface area (Å²) in [6.45, 7) is 0. The molecule has 0 aliphatic carbocycles. The van der Waals surface area contributed by atoms with Crippen LogP contribution in [0, 0.1) is 0 Å². The van der Waals surface area contributed by atoms with E-state index >= 15 is 0 Å². The lowest BCUT2D eigenvalue weighted by Gasteiger charge is -2.01. The maximum atomic E-state index is 9.00. The smallest absolute Gasteiger partial charge is 0.309 e. The molecule has 0 heterocycles. The highest BCUT2D eigenvalue weighted by molar-refractivity contribution is 8.76. The number of carbonyl (C=O) groups excluding carboxylic acids is 1. The standard InChI is InChI=1S/C14H14S2.CH4N2O/c1-3-7-13(8-4-1)11-15-16-12-14-9-5-2-6-10-14;2-1(3)4/h1-10H,11-12H2;(H4,2,3,4). The van der Waals surface area contributed by atoms with Crippen LogP contribution < -0.4 is 11.5 Å². The maximum absolute atomic E-state index is 9.00. The molecule has 0 atom stereocenters. The molecule has 2 amide bonds. The minimum Gasteiger partial charge on any atom is -0.352 e. The van der Waals surface area contributed by atoms with Gasteiger partial charge in [-0.2, -0.15) is 0 Å². The first-order valence-electron chi connectivity index (χ1n) is 6.05. The second kappa shape index (κ2) is 10.2. The topological polar surface area (TPSA) is 69.1 Å². The Morgan fingerprint density at radius 3 is 1.35 bits per heavy atom. The van der Waals surface area contributed by atoms with E-state index in [1.165, 1.54) is 11.1 Å². The van der Waals surface area contributed by atoms with Crippen LogP contribution in [0.1, 0.15) is 11.1 Å². The largest absolute Gasteiger partial charge is 0.352 e. The zero-order chi connectivity index (χ0) is 14.6. The van der Waals surface area contributed by atoms with E-state index in [9.17, 15) is 0 Å². The van der Waals surface area contributed by atoms with Crippen molar-refractivity contribution in [1.29, 1.82) is 0 Å². The van der Waals surface area contributed by atoms with E-state index in [4.69, 9.17) is 4.79 Å². The number of nitrogens with two attached hydrogens (primary N) is 2. The van der Waals surface area contributed by atoms with E-state index in [0.717, 1.165) is 11.5 Å². The maximum Gasteiger partial charge on any atom is 0.309 e. The van der Waals surface area contributed by atoms with E-state index in [1.54, 1.807) is 0 Å². The zero-order valence-corrected chi connectivity index (χ0v) is 12.7. The molecule has 2 aromatic rings. The van der Waals surface area contributed by atoms with Crippen molar-refractivity contribution in [2.24, 2.45) is 11.5 Å². The Hall–Kier alpha value is -1.59. The quantitative estimate of drug-likeness (QED) is 0.652. The molecule has 2 rings (SSSR count). The second-order valence-corrected chi connectivity index (χ2v) is 6.36. The Kier molecular flexibility index (Phi) is 8.42. The number of primary amides is 2. The third-order valence-corrected chi connectivity index (χ3v) is 4.50. The molecule has 0 saturated carbocycles. The average Bonchev–Trinajstić information content (AvgIpc) is 2.45. The normalized spacial score (nSPS) is 9.40. The van der Waals surface area contributed by atoms with Crippen molar-refractivity contribution in [3.8, 4) is 0 Å². The van der Waals surface area contributed by atoms with Crippen LogP contribution in [-0.4, -0.2) is 6.03 Å². The van der Waals surface area contributed by atoms with Gasteiger partial charge in [0.25, 0.3) is 0 Å². The SMILES string of the molecule is NC(N)=O.c1ccc(CSSCc2ccccc2)cc1. The fourth-order valence-corrected chi connectivity index (χ4v) is 3.51. The average molecular weight is 306 g/mol. The lowest BCUT2D eigenvalue weighted by atomic mass is 10.2. The second-order valence-electron chi connectivity index (χ2n) is 3.90. The van der Waals surface area contributed by atoms with Crippen LogP contribution in [0.2, 0.25) is 0 Å². The molecule has 0 saturated heterocycles. The zero-order valence-electron chi connectivity index (χ0n) is 11.1. The molecular formula is C15H18N2OS2. The highest BCUT2D eigenvalue weighted by atomic mass is 33.1. The fourth-order valence-electron chi connectivity index (χ4n) is 1.37. The van der Waals surface area contributed by atoms with Crippen LogP contribution >= 0.6 is 21.6 Å². The molecule has 20 heavy (non-hydrogen) atoms. The summed E-state index contributed by atoms with van der Waals surface area (Å²) in [6.07, 6.45) is 0. The van der Waals surface area contributed by atoms with E-state index in [1.807, 2.05) is 21.6 Å². The van der Waals surface area contributed by atoms with E-state index in [0.29, 0.717) is 0 Å². The molecule has 106 valence electrons. The Bertz CT molecular complexity index is 446. The summed E-state index contributed by atoms with van der Waals surface area (Å²) in [5.41, 5.74) is 11.3. The molecule has 0 aliphatic rings. The van der Waals surface area contributed by atoms with Crippen molar-refractivity contribution in [1.82, 2.24) is 0 Å². The molecule has 4 N–H and O–H groups in total. The van der Waals surface area contributed by atoms with E-state index in [2.05, 4.69) is 72.1 Å². The summed E-state index contributed by atoms with van der Waals surface area (Å²) in [5, 5.41) is 0. The first-order chi connectivity index (χ1) is 9.68. The first-order valence-corrected chi connectivity index (χ1v) is 8.54. The van der Waals surface area contributed by atoms with Crippen molar-refractivity contribution in [3.05, 3.63) is 71.8 Å². The van der Waals surface area contributed by atoms with Gasteiger partial charge in [-0.05, 0) is 11.1 Å². The van der Waals surface area contributed by atoms with Gasteiger partial charge in [-0.25, -0.2) is 4.79 Å². The molecule has 0 radical (unpaired) electrons.